The minimum absolute atomic E-state index is 0.0377. The highest BCUT2D eigenvalue weighted by Crippen LogP contribution is 2.40. The first-order chi connectivity index (χ1) is 8.61. The summed E-state index contributed by atoms with van der Waals surface area (Å²) in [7, 11) is 0. The van der Waals surface area contributed by atoms with Crippen molar-refractivity contribution in [3.63, 3.8) is 0 Å². The van der Waals surface area contributed by atoms with Gasteiger partial charge in [0.05, 0.1) is 0 Å². The van der Waals surface area contributed by atoms with E-state index in [4.69, 9.17) is 4.74 Å². The van der Waals surface area contributed by atoms with Gasteiger partial charge >= 0.3 is 0 Å². The van der Waals surface area contributed by atoms with E-state index in [1.807, 2.05) is 0 Å². The molecule has 3 N–H and O–H groups in total. The molecule has 5 heteroatoms. The van der Waals surface area contributed by atoms with Crippen LogP contribution in [0.5, 0.6) is 5.75 Å². The van der Waals surface area contributed by atoms with Crippen molar-refractivity contribution in [1.29, 1.82) is 0 Å². The summed E-state index contributed by atoms with van der Waals surface area (Å²) in [5, 5.41) is 23.5. The molecule has 1 saturated heterocycles. The Morgan fingerprint density at radius 1 is 1.39 bits per heavy atom. The number of hydrogen-bond donors (Lipinski definition) is 3. The van der Waals surface area contributed by atoms with Crippen molar-refractivity contribution >= 4 is 0 Å². The average molecular weight is 253 g/mol. The predicted octanol–water partition coefficient (Wildman–Crippen LogP) is 0.288. The number of β-amino-alcohol motifs (C(OH)–C–C–N with tert-alkyl or cyclic N) is 1. The van der Waals surface area contributed by atoms with E-state index in [2.05, 4.69) is 5.32 Å². The van der Waals surface area contributed by atoms with Gasteiger partial charge in [-0.1, -0.05) is 12.1 Å². The lowest BCUT2D eigenvalue weighted by Crippen LogP contribution is -2.48. The van der Waals surface area contributed by atoms with Crippen molar-refractivity contribution in [2.24, 2.45) is 5.92 Å². The maximum Gasteiger partial charge on any atom is 0.165 e. The molecule has 4 atom stereocenters. The minimum Gasteiger partial charge on any atom is -0.485 e. The summed E-state index contributed by atoms with van der Waals surface area (Å²) >= 11 is 0. The molecule has 2 aliphatic rings. The molecule has 1 aliphatic heterocycles. The molecule has 0 bridgehead atoms. The Balaban J connectivity index is 1.78. The number of ether oxygens (including phenoxy) is 1. The SMILES string of the molecule is O[C@@H]1[C@H](Oc2ccccc2F)C[C@H]2CNC[C@]21O. The zero-order valence-electron chi connectivity index (χ0n) is 9.84. The highest BCUT2D eigenvalue weighted by atomic mass is 19.1. The molecular weight excluding hydrogens is 237 g/mol. The fraction of sp³-hybridized carbons (Fsp3) is 0.538. The van der Waals surface area contributed by atoms with E-state index in [1.165, 1.54) is 12.1 Å². The maximum absolute atomic E-state index is 13.5. The number of fused-ring (bicyclic) bond motifs is 1. The van der Waals surface area contributed by atoms with Gasteiger partial charge in [0.15, 0.2) is 11.6 Å². The average Bonchev–Trinajstić information content (AvgIpc) is 2.82. The maximum atomic E-state index is 13.5. The molecule has 0 spiro atoms. The number of rotatable bonds is 2. The molecule has 1 aromatic rings. The van der Waals surface area contributed by atoms with Crippen LogP contribution < -0.4 is 10.1 Å². The molecule has 18 heavy (non-hydrogen) atoms. The van der Waals surface area contributed by atoms with Crippen LogP contribution in [0.3, 0.4) is 0 Å². The van der Waals surface area contributed by atoms with Crippen LogP contribution in [0, 0.1) is 11.7 Å². The first-order valence-corrected chi connectivity index (χ1v) is 6.13. The third kappa shape index (κ3) is 1.70. The number of benzene rings is 1. The van der Waals surface area contributed by atoms with E-state index < -0.39 is 23.6 Å². The summed E-state index contributed by atoms with van der Waals surface area (Å²) < 4.78 is 19.0. The van der Waals surface area contributed by atoms with Crippen LogP contribution in [-0.4, -0.2) is 41.1 Å². The molecule has 1 heterocycles. The van der Waals surface area contributed by atoms with E-state index in [0.717, 1.165) is 0 Å². The summed E-state index contributed by atoms with van der Waals surface area (Å²) in [6, 6.07) is 6.10. The van der Waals surface area contributed by atoms with Crippen LogP contribution in [0.4, 0.5) is 4.39 Å². The Kier molecular flexibility index (Phi) is 2.77. The number of hydrogen-bond acceptors (Lipinski definition) is 4. The highest BCUT2D eigenvalue weighted by molar-refractivity contribution is 5.25. The standard InChI is InChI=1S/C13H16FNO3/c14-9-3-1-2-4-10(9)18-11-5-8-6-15-7-13(8,17)12(11)16/h1-4,8,11-12,15-17H,5-7H2/t8-,11+,12+,13-/m0/s1. The smallest absolute Gasteiger partial charge is 0.165 e. The summed E-state index contributed by atoms with van der Waals surface area (Å²) in [4.78, 5) is 0. The number of para-hydroxylation sites is 1. The van der Waals surface area contributed by atoms with E-state index in [1.54, 1.807) is 12.1 Å². The Morgan fingerprint density at radius 2 is 2.17 bits per heavy atom. The highest BCUT2D eigenvalue weighted by Gasteiger charge is 2.57. The molecule has 1 aliphatic carbocycles. The van der Waals surface area contributed by atoms with Crippen LogP contribution in [-0.2, 0) is 0 Å². The van der Waals surface area contributed by atoms with Crippen LogP contribution in [0.2, 0.25) is 0 Å². The fourth-order valence-corrected chi connectivity index (χ4v) is 2.95. The van der Waals surface area contributed by atoms with Crippen LogP contribution in [0.1, 0.15) is 6.42 Å². The van der Waals surface area contributed by atoms with Gasteiger partial charge in [-0.2, -0.15) is 0 Å². The first kappa shape index (κ1) is 11.9. The van der Waals surface area contributed by atoms with Crippen LogP contribution >= 0.6 is 0 Å². The van der Waals surface area contributed by atoms with E-state index in [0.29, 0.717) is 19.5 Å². The third-order valence-corrected chi connectivity index (χ3v) is 4.00. The molecule has 0 unspecified atom stereocenters. The van der Waals surface area contributed by atoms with Crippen molar-refractivity contribution in [3.05, 3.63) is 30.1 Å². The van der Waals surface area contributed by atoms with Gasteiger partial charge in [-0.25, -0.2) is 4.39 Å². The second-order valence-electron chi connectivity index (χ2n) is 5.09. The molecule has 0 radical (unpaired) electrons. The topological polar surface area (TPSA) is 61.7 Å². The quantitative estimate of drug-likeness (QED) is 0.709. The van der Waals surface area contributed by atoms with Gasteiger partial charge in [0.25, 0.3) is 0 Å². The van der Waals surface area contributed by atoms with Gasteiger partial charge in [0.2, 0.25) is 0 Å². The van der Waals surface area contributed by atoms with Gasteiger partial charge < -0.3 is 20.3 Å². The molecule has 3 rings (SSSR count). The van der Waals surface area contributed by atoms with Crippen molar-refractivity contribution < 1.29 is 19.3 Å². The Labute approximate surface area is 104 Å². The molecule has 0 aromatic heterocycles. The molecule has 1 saturated carbocycles. The molecule has 4 nitrogen and oxygen atoms in total. The Hall–Kier alpha value is -1.17. The summed E-state index contributed by atoms with van der Waals surface area (Å²) in [6.07, 6.45) is -1.02. The zero-order chi connectivity index (χ0) is 12.8. The molecule has 98 valence electrons. The number of halogens is 1. The zero-order valence-corrected chi connectivity index (χ0v) is 9.84. The second kappa shape index (κ2) is 4.19. The van der Waals surface area contributed by atoms with Gasteiger partial charge in [0, 0.05) is 19.0 Å². The Morgan fingerprint density at radius 3 is 2.89 bits per heavy atom. The van der Waals surface area contributed by atoms with Gasteiger partial charge in [-0.3, -0.25) is 0 Å². The first-order valence-electron chi connectivity index (χ1n) is 6.13. The molecule has 1 aromatic carbocycles. The van der Waals surface area contributed by atoms with Crippen LogP contribution in [0.25, 0.3) is 0 Å². The number of nitrogens with one attached hydrogen (secondary N) is 1. The van der Waals surface area contributed by atoms with Gasteiger partial charge in [-0.05, 0) is 18.6 Å². The van der Waals surface area contributed by atoms with Crippen molar-refractivity contribution in [1.82, 2.24) is 5.32 Å². The summed E-state index contributed by atoms with van der Waals surface area (Å²) in [5.41, 5.74) is -1.14. The normalized spacial score (nSPS) is 38.7. The van der Waals surface area contributed by atoms with Crippen LogP contribution in [0.15, 0.2) is 24.3 Å². The number of aliphatic hydroxyl groups is 2. The monoisotopic (exact) mass is 253 g/mol. The van der Waals surface area contributed by atoms with E-state index in [-0.39, 0.29) is 11.7 Å². The van der Waals surface area contributed by atoms with E-state index >= 15 is 0 Å². The molecule has 0 amide bonds. The lowest BCUT2D eigenvalue weighted by atomic mass is 9.93. The van der Waals surface area contributed by atoms with Crippen molar-refractivity contribution in [2.45, 2.75) is 24.2 Å². The predicted molar refractivity (Wildman–Crippen MR) is 62.7 cm³/mol. The Bertz CT molecular complexity index is 456. The van der Waals surface area contributed by atoms with E-state index in [9.17, 15) is 14.6 Å². The summed E-state index contributed by atoms with van der Waals surface area (Å²) in [5.74, 6) is -0.366. The molecule has 2 fully saturated rings. The third-order valence-electron chi connectivity index (χ3n) is 4.00. The summed E-state index contributed by atoms with van der Waals surface area (Å²) in [6.45, 7) is 1.01. The van der Waals surface area contributed by atoms with Crippen molar-refractivity contribution in [2.75, 3.05) is 13.1 Å². The second-order valence-corrected chi connectivity index (χ2v) is 5.09. The minimum atomic E-state index is -1.14. The van der Waals surface area contributed by atoms with Gasteiger partial charge in [0.1, 0.15) is 17.8 Å². The lowest BCUT2D eigenvalue weighted by molar-refractivity contribution is -0.0816. The number of aliphatic hydroxyl groups excluding tert-OH is 1. The van der Waals surface area contributed by atoms with Crippen molar-refractivity contribution in [3.8, 4) is 5.75 Å². The fourth-order valence-electron chi connectivity index (χ4n) is 2.95. The lowest BCUT2D eigenvalue weighted by Gasteiger charge is -2.27. The largest absolute Gasteiger partial charge is 0.485 e. The molecular formula is C13H16FNO3. The van der Waals surface area contributed by atoms with Gasteiger partial charge in [-0.15, -0.1) is 0 Å².